The van der Waals surface area contributed by atoms with Gasteiger partial charge in [-0.2, -0.15) is 0 Å². The summed E-state index contributed by atoms with van der Waals surface area (Å²) >= 11 is 0. The molecule has 5 nitrogen and oxygen atoms in total. The summed E-state index contributed by atoms with van der Waals surface area (Å²) in [6.45, 7) is -0.410. The van der Waals surface area contributed by atoms with Gasteiger partial charge in [-0.1, -0.05) is 12.1 Å². The zero-order valence-corrected chi connectivity index (χ0v) is 13.4. The molecule has 0 aliphatic carbocycles. The minimum absolute atomic E-state index is 0. The standard InChI is InChI=1S/C9H10N2O3.2Na.2H/c10-7-4-2-1-3-6(7)9(14)11-5-8(12)13;;;;/h1-4H,5,10H2,(H,11,14)(H,12,13);;;;/q;2*+1;2*-1. The first-order chi connectivity index (χ1) is 6.61. The van der Waals surface area contributed by atoms with E-state index in [-0.39, 0.29) is 67.5 Å². The van der Waals surface area contributed by atoms with E-state index in [0.29, 0.717) is 5.69 Å². The molecule has 0 spiro atoms. The van der Waals surface area contributed by atoms with Gasteiger partial charge in [-0.3, -0.25) is 9.59 Å². The average molecular weight is 242 g/mol. The van der Waals surface area contributed by atoms with Crippen LogP contribution in [0.4, 0.5) is 5.69 Å². The van der Waals surface area contributed by atoms with Gasteiger partial charge in [-0.05, 0) is 12.1 Å². The number of nitrogens with one attached hydrogen (secondary N) is 1. The van der Waals surface area contributed by atoms with Gasteiger partial charge in [-0.25, -0.2) is 0 Å². The molecule has 7 heteroatoms. The van der Waals surface area contributed by atoms with E-state index in [9.17, 15) is 9.59 Å². The Morgan fingerprint density at radius 3 is 2.38 bits per heavy atom. The number of carbonyl (C=O) groups is 2. The topological polar surface area (TPSA) is 92.4 Å². The number of rotatable bonds is 3. The fourth-order valence-electron chi connectivity index (χ4n) is 0.955. The van der Waals surface area contributed by atoms with Crippen LogP contribution in [0, 0.1) is 0 Å². The molecule has 0 aromatic heterocycles. The molecule has 1 rings (SSSR count). The first-order valence-corrected chi connectivity index (χ1v) is 3.95. The van der Waals surface area contributed by atoms with E-state index < -0.39 is 18.4 Å². The fraction of sp³-hybridized carbons (Fsp3) is 0.111. The molecule has 0 fully saturated rings. The molecule has 16 heavy (non-hydrogen) atoms. The van der Waals surface area contributed by atoms with Crippen LogP contribution < -0.4 is 70.2 Å². The second kappa shape index (κ2) is 9.04. The minimum atomic E-state index is -1.09. The quantitative estimate of drug-likeness (QED) is 0.364. The van der Waals surface area contributed by atoms with Gasteiger partial charge in [-0.15, -0.1) is 0 Å². The molecule has 1 amide bonds. The van der Waals surface area contributed by atoms with Crippen molar-refractivity contribution in [3.63, 3.8) is 0 Å². The summed E-state index contributed by atoms with van der Waals surface area (Å²) in [4.78, 5) is 21.5. The predicted molar refractivity (Wildman–Crippen MR) is 53.0 cm³/mol. The Morgan fingerprint density at radius 1 is 1.31 bits per heavy atom. The van der Waals surface area contributed by atoms with Crippen LogP contribution >= 0.6 is 0 Å². The van der Waals surface area contributed by atoms with Gasteiger partial charge in [0, 0.05) is 5.69 Å². The van der Waals surface area contributed by atoms with E-state index >= 15 is 0 Å². The van der Waals surface area contributed by atoms with Crippen LogP contribution in [0.25, 0.3) is 0 Å². The molecule has 0 radical (unpaired) electrons. The van der Waals surface area contributed by atoms with Gasteiger partial charge in [0.25, 0.3) is 5.91 Å². The number of aliphatic carboxylic acids is 1. The fourth-order valence-corrected chi connectivity index (χ4v) is 0.955. The second-order valence-corrected chi connectivity index (χ2v) is 2.66. The molecule has 0 bridgehead atoms. The van der Waals surface area contributed by atoms with E-state index in [1.165, 1.54) is 6.07 Å². The van der Waals surface area contributed by atoms with Gasteiger partial charge >= 0.3 is 65.1 Å². The molecule has 78 valence electrons. The summed E-state index contributed by atoms with van der Waals surface area (Å²) in [5.74, 6) is -1.57. The van der Waals surface area contributed by atoms with E-state index in [2.05, 4.69) is 5.32 Å². The van der Waals surface area contributed by atoms with Crippen molar-refractivity contribution in [1.82, 2.24) is 5.32 Å². The molecule has 0 atom stereocenters. The smallest absolute Gasteiger partial charge is 1.00 e. The molecule has 1 aromatic rings. The number of carbonyl (C=O) groups excluding carboxylic acids is 1. The van der Waals surface area contributed by atoms with Crippen molar-refractivity contribution >= 4 is 17.6 Å². The van der Waals surface area contributed by atoms with E-state index in [0.717, 1.165) is 0 Å². The number of carboxylic acids is 1. The van der Waals surface area contributed by atoms with Crippen molar-refractivity contribution in [2.24, 2.45) is 0 Å². The van der Waals surface area contributed by atoms with Gasteiger partial charge in [0.1, 0.15) is 6.54 Å². The predicted octanol–water partition coefficient (Wildman–Crippen LogP) is -5.68. The second-order valence-electron chi connectivity index (χ2n) is 2.66. The Bertz CT molecular complexity index is 381. The van der Waals surface area contributed by atoms with Crippen LogP contribution in [0.15, 0.2) is 24.3 Å². The summed E-state index contributed by atoms with van der Waals surface area (Å²) in [5, 5.41) is 10.6. The van der Waals surface area contributed by atoms with Gasteiger partial charge in [0.2, 0.25) is 0 Å². The first-order valence-electron chi connectivity index (χ1n) is 3.95. The summed E-state index contributed by atoms with van der Waals surface area (Å²) in [7, 11) is 0. The maximum Gasteiger partial charge on any atom is 1.00 e. The van der Waals surface area contributed by atoms with Crippen LogP contribution in [0.1, 0.15) is 13.2 Å². The van der Waals surface area contributed by atoms with E-state index in [1.807, 2.05) is 0 Å². The summed E-state index contributed by atoms with van der Waals surface area (Å²) < 4.78 is 0. The molecule has 0 aliphatic heterocycles. The van der Waals surface area contributed by atoms with Crippen LogP contribution in [0.2, 0.25) is 0 Å². The molecule has 0 unspecified atom stereocenters. The largest absolute Gasteiger partial charge is 1.00 e. The molecular weight excluding hydrogens is 230 g/mol. The number of hydrogen-bond acceptors (Lipinski definition) is 3. The molecule has 0 saturated heterocycles. The molecule has 4 N–H and O–H groups in total. The van der Waals surface area contributed by atoms with Crippen LogP contribution in [0.5, 0.6) is 0 Å². The number of carboxylic acid groups (broad SMARTS) is 1. The maximum absolute atomic E-state index is 11.3. The molecule has 0 saturated carbocycles. The van der Waals surface area contributed by atoms with Gasteiger partial charge in [0.05, 0.1) is 5.56 Å². The van der Waals surface area contributed by atoms with Crippen LogP contribution in [-0.2, 0) is 4.79 Å². The zero-order chi connectivity index (χ0) is 10.6. The van der Waals surface area contributed by atoms with E-state index in [1.54, 1.807) is 18.2 Å². The normalized spacial score (nSPS) is 8.25. The SMILES string of the molecule is Nc1ccccc1C(=O)NCC(=O)O.[H-].[H-].[Na+].[Na+]. The number of benzene rings is 1. The third-order valence-electron chi connectivity index (χ3n) is 1.61. The number of para-hydroxylation sites is 1. The third kappa shape index (κ3) is 5.89. The van der Waals surface area contributed by atoms with Crippen LogP contribution in [0.3, 0.4) is 0 Å². The van der Waals surface area contributed by atoms with Crippen molar-refractivity contribution in [3.8, 4) is 0 Å². The Kier molecular flexibility index (Phi) is 10.4. The first kappa shape index (κ1) is 18.3. The van der Waals surface area contributed by atoms with Crippen molar-refractivity contribution in [2.75, 3.05) is 12.3 Å². The van der Waals surface area contributed by atoms with Crippen molar-refractivity contribution in [2.45, 2.75) is 0 Å². The molecule has 0 aliphatic rings. The minimum Gasteiger partial charge on any atom is -1.00 e. The number of nitrogens with two attached hydrogens (primary N) is 1. The maximum atomic E-state index is 11.3. The van der Waals surface area contributed by atoms with Crippen molar-refractivity contribution in [1.29, 1.82) is 0 Å². The monoisotopic (exact) mass is 242 g/mol. The molecule has 0 heterocycles. The number of amides is 1. The zero-order valence-electron chi connectivity index (χ0n) is 11.4. The molecule has 1 aromatic carbocycles. The van der Waals surface area contributed by atoms with Gasteiger partial charge in [0.15, 0.2) is 0 Å². The number of nitrogen functional groups attached to an aromatic ring is 1. The Morgan fingerprint density at radius 2 is 1.88 bits per heavy atom. The summed E-state index contributed by atoms with van der Waals surface area (Å²) in [6.07, 6.45) is 0. The van der Waals surface area contributed by atoms with Crippen LogP contribution in [-0.4, -0.2) is 23.5 Å². The summed E-state index contributed by atoms with van der Waals surface area (Å²) in [5.41, 5.74) is 6.13. The van der Waals surface area contributed by atoms with Crippen molar-refractivity contribution < 1.29 is 76.7 Å². The van der Waals surface area contributed by atoms with E-state index in [4.69, 9.17) is 10.8 Å². The average Bonchev–Trinajstić information content (AvgIpc) is 2.15. The number of anilines is 1. The third-order valence-corrected chi connectivity index (χ3v) is 1.61. The Labute approximate surface area is 140 Å². The number of hydrogen-bond donors (Lipinski definition) is 3. The summed E-state index contributed by atoms with van der Waals surface area (Å²) in [6, 6.07) is 6.47. The Balaban J connectivity index is -0.000000245. The van der Waals surface area contributed by atoms with Crippen molar-refractivity contribution in [3.05, 3.63) is 29.8 Å². The Hall–Kier alpha value is -0.0400. The van der Waals surface area contributed by atoms with Gasteiger partial charge < -0.3 is 19.0 Å². The molecular formula is C9H12N2Na2O3.